The average molecular weight is 712 g/mol. The van der Waals surface area contributed by atoms with Gasteiger partial charge in [-0.05, 0) is 94.7 Å². The number of hydrogen-bond donors (Lipinski definition) is 2. The largest absolute Gasteiger partial charge is 0.444 e. The number of anilines is 1. The molecule has 270 valence electrons. The summed E-state index contributed by atoms with van der Waals surface area (Å²) in [7, 11) is -1.39. The monoisotopic (exact) mass is 711 g/mol. The molecule has 0 bridgehead atoms. The van der Waals surface area contributed by atoms with Gasteiger partial charge in [0.1, 0.15) is 23.7 Å². The Hall–Kier alpha value is -4.04. The summed E-state index contributed by atoms with van der Waals surface area (Å²) >= 11 is 0. The van der Waals surface area contributed by atoms with Crippen LogP contribution in [0.2, 0.25) is 25.7 Å². The number of alkyl halides is 2. The summed E-state index contributed by atoms with van der Waals surface area (Å²) < 4.78 is 45.9. The maximum absolute atomic E-state index is 13.8. The van der Waals surface area contributed by atoms with Crippen LogP contribution in [-0.2, 0) is 22.7 Å². The number of aromatic nitrogens is 2. The number of halogens is 2. The lowest BCUT2D eigenvalue weighted by Gasteiger charge is -2.24. The Balaban J connectivity index is 1.47. The Kier molecular flexibility index (Phi) is 9.72. The highest BCUT2D eigenvalue weighted by Crippen LogP contribution is 2.43. The second-order valence-electron chi connectivity index (χ2n) is 15.9. The third-order valence-electron chi connectivity index (χ3n) is 9.18. The van der Waals surface area contributed by atoms with Gasteiger partial charge in [0, 0.05) is 50.5 Å². The van der Waals surface area contributed by atoms with Gasteiger partial charge in [0.25, 0.3) is 11.8 Å². The minimum atomic E-state index is -3.14. The summed E-state index contributed by atoms with van der Waals surface area (Å²) in [6, 6.07) is 5.87. The Morgan fingerprint density at radius 3 is 2.44 bits per heavy atom. The van der Waals surface area contributed by atoms with Crippen molar-refractivity contribution in [2.75, 3.05) is 11.9 Å². The zero-order chi connectivity index (χ0) is 36.1. The molecule has 1 aliphatic heterocycles. The molecule has 14 heteroatoms. The number of rotatable bonds is 13. The van der Waals surface area contributed by atoms with Gasteiger partial charge in [-0.2, -0.15) is 8.78 Å². The lowest BCUT2D eigenvalue weighted by Crippen LogP contribution is -2.34. The number of amides is 3. The molecule has 2 fully saturated rings. The van der Waals surface area contributed by atoms with Crippen LogP contribution >= 0.6 is 0 Å². The van der Waals surface area contributed by atoms with E-state index in [0.717, 1.165) is 31.7 Å². The molecule has 0 spiro atoms. The average Bonchev–Trinajstić information content (AvgIpc) is 3.93. The topological polar surface area (TPSA) is 124 Å². The summed E-state index contributed by atoms with van der Waals surface area (Å²) in [5.41, 5.74) is 1.56. The zero-order valence-corrected chi connectivity index (χ0v) is 30.8. The smallest absolute Gasteiger partial charge is 0.413 e. The molecule has 50 heavy (non-hydrogen) atoms. The summed E-state index contributed by atoms with van der Waals surface area (Å²) in [5.74, 6) is -0.523. The normalized spacial score (nSPS) is 16.9. The molecule has 2 N–H and O–H groups in total. The summed E-state index contributed by atoms with van der Waals surface area (Å²) in [4.78, 5) is 46.6. The van der Waals surface area contributed by atoms with Crippen molar-refractivity contribution in [2.24, 2.45) is 5.92 Å². The molecule has 0 unspecified atom stereocenters. The van der Waals surface area contributed by atoms with Crippen molar-refractivity contribution in [3.05, 3.63) is 41.1 Å². The molecule has 3 amide bonds. The van der Waals surface area contributed by atoms with Crippen LogP contribution in [0.15, 0.2) is 24.4 Å². The summed E-state index contributed by atoms with van der Waals surface area (Å²) in [6.45, 7) is 11.8. The van der Waals surface area contributed by atoms with Gasteiger partial charge in [-0.15, -0.1) is 0 Å². The highest BCUT2D eigenvalue weighted by molar-refractivity contribution is 6.76. The van der Waals surface area contributed by atoms with Crippen molar-refractivity contribution in [3.8, 4) is 16.9 Å². The van der Waals surface area contributed by atoms with E-state index in [9.17, 15) is 23.2 Å². The minimum absolute atomic E-state index is 0.0175. The van der Waals surface area contributed by atoms with Crippen molar-refractivity contribution < 1.29 is 37.4 Å². The fourth-order valence-corrected chi connectivity index (χ4v) is 6.94. The van der Waals surface area contributed by atoms with E-state index >= 15 is 0 Å². The number of nitrogens with one attached hydrogen (secondary N) is 2. The number of benzene rings is 1. The number of carbonyl (C=O) groups is 3. The number of fused-ring (bicyclic) bond motifs is 2. The van der Waals surface area contributed by atoms with Crippen LogP contribution in [0.4, 0.5) is 19.4 Å². The molecule has 3 aromatic rings. The molecule has 6 rings (SSSR count). The Labute approximate surface area is 292 Å². The molecule has 3 heterocycles. The van der Waals surface area contributed by atoms with E-state index in [0.29, 0.717) is 40.2 Å². The molecular formula is C36H47F2N5O6Si. The Morgan fingerprint density at radius 1 is 1.10 bits per heavy atom. The van der Waals surface area contributed by atoms with E-state index in [-0.39, 0.29) is 54.0 Å². The first-order chi connectivity index (χ1) is 23.5. The highest BCUT2D eigenvalue weighted by Gasteiger charge is 2.41. The van der Waals surface area contributed by atoms with E-state index in [1.807, 2.05) is 13.0 Å². The second kappa shape index (κ2) is 13.6. The second-order valence-corrected chi connectivity index (χ2v) is 21.5. The van der Waals surface area contributed by atoms with Crippen LogP contribution in [0.1, 0.15) is 79.7 Å². The maximum Gasteiger partial charge on any atom is 0.413 e. The fourth-order valence-electron chi connectivity index (χ4n) is 6.18. The Morgan fingerprint density at radius 2 is 1.82 bits per heavy atom. The van der Waals surface area contributed by atoms with Gasteiger partial charge >= 0.3 is 12.7 Å². The maximum atomic E-state index is 13.8. The molecule has 0 radical (unpaired) electrons. The number of ether oxygens (including phenoxy) is 3. The SMILES string of the molecule is C[C@@H](C1CC1)N1Cc2cc(-c3cn(COCC[Si](C)(C)C)c4nc(NC(=O)OC(C)(C)C)c(C(=O)NC5CC5)cc34)cc(OC(F)F)c2C1=O. The molecule has 1 aromatic carbocycles. The molecule has 3 aliphatic rings. The lowest BCUT2D eigenvalue weighted by atomic mass is 9.98. The van der Waals surface area contributed by atoms with Gasteiger partial charge in [-0.1, -0.05) is 19.6 Å². The van der Waals surface area contributed by atoms with Crippen LogP contribution in [0.25, 0.3) is 22.2 Å². The quantitative estimate of drug-likeness (QED) is 0.138. The van der Waals surface area contributed by atoms with Crippen LogP contribution in [0.3, 0.4) is 0 Å². The molecule has 2 saturated carbocycles. The first-order valence-corrected chi connectivity index (χ1v) is 21.0. The van der Waals surface area contributed by atoms with Crippen LogP contribution in [-0.4, -0.2) is 71.3 Å². The number of hydrogen-bond acceptors (Lipinski definition) is 7. The first kappa shape index (κ1) is 35.8. The third-order valence-corrected chi connectivity index (χ3v) is 10.9. The van der Waals surface area contributed by atoms with Gasteiger partial charge in [0.05, 0.1) is 11.1 Å². The van der Waals surface area contributed by atoms with E-state index in [1.54, 1.807) is 42.5 Å². The molecule has 2 aliphatic carbocycles. The van der Waals surface area contributed by atoms with Crippen molar-refractivity contribution >= 4 is 42.8 Å². The molecule has 1 atom stereocenters. The summed E-state index contributed by atoms with van der Waals surface area (Å²) in [5, 5.41) is 6.17. The fraction of sp³-hybridized carbons (Fsp3) is 0.556. The first-order valence-electron chi connectivity index (χ1n) is 17.3. The van der Waals surface area contributed by atoms with Gasteiger partial charge in [0.2, 0.25) is 0 Å². The van der Waals surface area contributed by atoms with Crippen molar-refractivity contribution in [3.63, 3.8) is 0 Å². The van der Waals surface area contributed by atoms with E-state index in [2.05, 4.69) is 30.3 Å². The third kappa shape index (κ3) is 8.28. The van der Waals surface area contributed by atoms with Crippen molar-refractivity contribution in [1.29, 1.82) is 0 Å². The van der Waals surface area contributed by atoms with Crippen LogP contribution < -0.4 is 15.4 Å². The summed E-state index contributed by atoms with van der Waals surface area (Å²) in [6.07, 6.45) is 4.79. The molecular weight excluding hydrogens is 665 g/mol. The number of pyridine rings is 1. The number of nitrogens with zero attached hydrogens (tertiary/aromatic N) is 3. The highest BCUT2D eigenvalue weighted by atomic mass is 28.3. The van der Waals surface area contributed by atoms with E-state index in [4.69, 9.17) is 19.2 Å². The van der Waals surface area contributed by atoms with Gasteiger partial charge in [-0.25, -0.2) is 9.78 Å². The minimum Gasteiger partial charge on any atom is -0.444 e. The van der Waals surface area contributed by atoms with Crippen LogP contribution in [0.5, 0.6) is 5.75 Å². The Bertz CT molecular complexity index is 1810. The predicted molar refractivity (Wildman–Crippen MR) is 188 cm³/mol. The van der Waals surface area contributed by atoms with Crippen LogP contribution in [0, 0.1) is 5.92 Å². The predicted octanol–water partition coefficient (Wildman–Crippen LogP) is 7.61. The van der Waals surface area contributed by atoms with E-state index < -0.39 is 32.3 Å². The zero-order valence-electron chi connectivity index (χ0n) is 29.8. The number of carbonyl (C=O) groups excluding carboxylic acids is 3. The van der Waals surface area contributed by atoms with Gasteiger partial charge in [-0.3, -0.25) is 14.9 Å². The standard InChI is InChI=1S/C36H47F2N5O6Si/c1-20(21-8-9-21)43-17-23-14-22(15-28(48-34(37)38)29(23)33(43)45)27-18-42(19-47-12-13-50(5,6)7)31-25(27)16-26(32(44)39-24-10-11-24)30(40-31)41-35(46)49-36(2,3)4/h14-16,18,20-21,24,34H,8-13,17,19H2,1-7H3,(H,39,44)(H,40,41,46)/t20-/m0/s1. The molecule has 0 saturated heterocycles. The molecule has 11 nitrogen and oxygen atoms in total. The molecule has 2 aromatic heterocycles. The van der Waals surface area contributed by atoms with Gasteiger partial charge < -0.3 is 29.0 Å². The van der Waals surface area contributed by atoms with Crippen molar-refractivity contribution in [2.45, 2.75) is 117 Å². The van der Waals surface area contributed by atoms with E-state index in [1.165, 1.54) is 6.07 Å². The lowest BCUT2D eigenvalue weighted by molar-refractivity contribution is -0.0501. The van der Waals surface area contributed by atoms with Crippen molar-refractivity contribution in [1.82, 2.24) is 19.8 Å². The van der Waals surface area contributed by atoms with Gasteiger partial charge in [0.15, 0.2) is 5.82 Å².